The van der Waals surface area contributed by atoms with Crippen molar-refractivity contribution in [2.45, 2.75) is 64.1 Å². The second-order valence-electron chi connectivity index (χ2n) is 4.56. The maximum atomic E-state index is 13.7. The van der Waals surface area contributed by atoms with Gasteiger partial charge < -0.3 is 24.4 Å². The van der Waals surface area contributed by atoms with Gasteiger partial charge in [-0.2, -0.15) is 0 Å². The van der Waals surface area contributed by atoms with Crippen LogP contribution in [0.15, 0.2) is 0 Å². The maximum absolute atomic E-state index is 13.7. The minimum atomic E-state index is -1.62. The van der Waals surface area contributed by atoms with Crippen LogP contribution >= 0.6 is 0 Å². The first-order chi connectivity index (χ1) is 9.27. The van der Waals surface area contributed by atoms with Crippen LogP contribution in [0.1, 0.15) is 27.2 Å². The molecule has 6 atom stereocenters. The average molecular weight is 294 g/mol. The predicted molar refractivity (Wildman–Crippen MR) is 63.2 cm³/mol. The summed E-state index contributed by atoms with van der Waals surface area (Å²) in [7, 11) is 0. The predicted octanol–water partition coefficient (Wildman–Crippen LogP) is -0.324. The Balaban J connectivity index is 2.94. The summed E-state index contributed by atoms with van der Waals surface area (Å²) in [5, 5.41) is 19.7. The topological polar surface area (TPSA) is 102 Å². The Morgan fingerprint density at radius 1 is 1.20 bits per heavy atom. The van der Waals surface area contributed by atoms with Gasteiger partial charge in [0.2, 0.25) is 6.29 Å². The summed E-state index contributed by atoms with van der Waals surface area (Å²) in [5.41, 5.74) is 0. The third-order valence-electron chi connectivity index (χ3n) is 2.91. The zero-order valence-corrected chi connectivity index (χ0v) is 11.5. The van der Waals surface area contributed by atoms with Crippen molar-refractivity contribution >= 4 is 11.9 Å². The number of carbonyl (C=O) groups is 2. The molecule has 2 N–H and O–H groups in total. The molecule has 20 heavy (non-hydrogen) atoms. The van der Waals surface area contributed by atoms with Crippen molar-refractivity contribution in [3.05, 3.63) is 0 Å². The zero-order chi connectivity index (χ0) is 15.4. The van der Waals surface area contributed by atoms with E-state index in [1.807, 2.05) is 0 Å². The molecule has 0 aliphatic carbocycles. The number of carbonyl (C=O) groups excluding carboxylic acids is 2. The molecule has 1 aliphatic rings. The van der Waals surface area contributed by atoms with E-state index in [4.69, 9.17) is 14.2 Å². The van der Waals surface area contributed by atoms with Crippen LogP contribution in [0.3, 0.4) is 0 Å². The molecule has 1 fully saturated rings. The van der Waals surface area contributed by atoms with Gasteiger partial charge in [-0.25, -0.2) is 4.39 Å². The maximum Gasteiger partial charge on any atom is 0.305 e. The number of alkyl halides is 1. The molecule has 3 unspecified atom stereocenters. The zero-order valence-electron chi connectivity index (χ0n) is 11.5. The first-order valence-electron chi connectivity index (χ1n) is 6.28. The Bertz CT molecular complexity index is 362. The molecule has 8 heteroatoms. The van der Waals surface area contributed by atoms with Crippen molar-refractivity contribution in [2.75, 3.05) is 0 Å². The highest BCUT2D eigenvalue weighted by Crippen LogP contribution is 2.28. The number of ether oxygens (including phenoxy) is 3. The number of esters is 2. The van der Waals surface area contributed by atoms with Gasteiger partial charge in [0, 0.05) is 13.8 Å². The van der Waals surface area contributed by atoms with Gasteiger partial charge in [0.25, 0.3) is 0 Å². The number of aliphatic hydroxyl groups is 2. The van der Waals surface area contributed by atoms with Crippen LogP contribution in [0, 0.1) is 0 Å². The molecule has 7 nitrogen and oxygen atoms in total. The van der Waals surface area contributed by atoms with Crippen molar-refractivity contribution in [1.29, 1.82) is 0 Å². The molecule has 116 valence electrons. The van der Waals surface area contributed by atoms with Crippen LogP contribution < -0.4 is 0 Å². The third kappa shape index (κ3) is 3.87. The minimum absolute atomic E-state index is 0.0411. The summed E-state index contributed by atoms with van der Waals surface area (Å²) >= 11 is 0. The van der Waals surface area contributed by atoms with Gasteiger partial charge in [0.05, 0.1) is 0 Å². The van der Waals surface area contributed by atoms with E-state index in [9.17, 15) is 24.2 Å². The Morgan fingerprint density at radius 3 is 2.20 bits per heavy atom. The van der Waals surface area contributed by atoms with E-state index in [1.54, 1.807) is 0 Å². The van der Waals surface area contributed by atoms with E-state index in [2.05, 4.69) is 0 Å². The SMILES string of the molecule is CC[C@H](F)C1OC(OC(C)=O)C(OC(C)=O)[C@@H](O)[C@@H]1O. The average Bonchev–Trinajstić information content (AvgIpc) is 2.36. The quantitative estimate of drug-likeness (QED) is 0.685. The molecule has 0 amide bonds. The summed E-state index contributed by atoms with van der Waals surface area (Å²) in [4.78, 5) is 22.0. The molecule has 1 heterocycles. The number of aliphatic hydroxyl groups excluding tert-OH is 2. The highest BCUT2D eigenvalue weighted by Gasteiger charge is 2.50. The summed E-state index contributed by atoms with van der Waals surface area (Å²) < 4.78 is 28.4. The number of rotatable bonds is 4. The second kappa shape index (κ2) is 6.96. The van der Waals surface area contributed by atoms with Crippen molar-refractivity contribution in [1.82, 2.24) is 0 Å². The molecule has 0 aromatic heterocycles. The second-order valence-corrected chi connectivity index (χ2v) is 4.56. The van der Waals surface area contributed by atoms with Crippen LogP contribution in [-0.4, -0.2) is 59.0 Å². The minimum Gasteiger partial charge on any atom is -0.453 e. The molecule has 0 aromatic rings. The summed E-state index contributed by atoms with van der Waals surface area (Å²) in [5.74, 6) is -1.51. The summed E-state index contributed by atoms with van der Waals surface area (Å²) in [6.45, 7) is 3.71. The monoisotopic (exact) mass is 294 g/mol. The van der Waals surface area contributed by atoms with Crippen molar-refractivity contribution in [2.24, 2.45) is 0 Å². The normalized spacial score (nSPS) is 35.2. The lowest BCUT2D eigenvalue weighted by Crippen LogP contribution is -2.61. The first kappa shape index (κ1) is 16.8. The molecule has 0 saturated carbocycles. The Labute approximate surface area is 115 Å². The van der Waals surface area contributed by atoms with Gasteiger partial charge in [-0.3, -0.25) is 9.59 Å². The molecule has 0 radical (unpaired) electrons. The lowest BCUT2D eigenvalue weighted by Gasteiger charge is -2.42. The Morgan fingerprint density at radius 2 is 1.75 bits per heavy atom. The van der Waals surface area contributed by atoms with E-state index in [-0.39, 0.29) is 6.42 Å². The van der Waals surface area contributed by atoms with Gasteiger partial charge in [-0.15, -0.1) is 0 Å². The van der Waals surface area contributed by atoms with Gasteiger partial charge in [0.15, 0.2) is 6.10 Å². The Kier molecular flexibility index (Phi) is 5.85. The Hall–Kier alpha value is -1.25. The fraction of sp³-hybridized carbons (Fsp3) is 0.833. The molecule has 0 spiro atoms. The van der Waals surface area contributed by atoms with Crippen LogP contribution in [-0.2, 0) is 23.8 Å². The first-order valence-corrected chi connectivity index (χ1v) is 6.28. The smallest absolute Gasteiger partial charge is 0.305 e. The highest BCUT2D eigenvalue weighted by molar-refractivity contribution is 5.67. The fourth-order valence-electron chi connectivity index (χ4n) is 1.97. The molecule has 1 saturated heterocycles. The van der Waals surface area contributed by atoms with E-state index in [0.29, 0.717) is 0 Å². The molecule has 1 aliphatic heterocycles. The van der Waals surface area contributed by atoms with E-state index >= 15 is 0 Å². The number of hydrogen-bond acceptors (Lipinski definition) is 7. The van der Waals surface area contributed by atoms with Gasteiger partial charge in [-0.1, -0.05) is 6.92 Å². The van der Waals surface area contributed by atoms with E-state index in [0.717, 1.165) is 13.8 Å². The number of halogens is 1. The molecule has 0 bridgehead atoms. The molecular weight excluding hydrogens is 275 g/mol. The standard InChI is InChI=1S/C12H19FO7/c1-4-7(13)10-8(16)9(17)11(18-5(2)14)12(20-10)19-6(3)15/h7-12,16-17H,4H2,1-3H3/t7-,8-,9-,10?,11?,12?/m0/s1. The summed E-state index contributed by atoms with van der Waals surface area (Å²) in [6, 6.07) is 0. The lowest BCUT2D eigenvalue weighted by molar-refractivity contribution is -0.299. The van der Waals surface area contributed by atoms with Crippen LogP contribution in [0.4, 0.5) is 4.39 Å². The lowest BCUT2D eigenvalue weighted by atomic mass is 9.95. The third-order valence-corrected chi connectivity index (χ3v) is 2.91. The number of hydrogen-bond donors (Lipinski definition) is 2. The fourth-order valence-corrected chi connectivity index (χ4v) is 1.97. The van der Waals surface area contributed by atoms with E-state index < -0.39 is 48.8 Å². The largest absolute Gasteiger partial charge is 0.453 e. The molecule has 1 rings (SSSR count). The highest BCUT2D eigenvalue weighted by atomic mass is 19.1. The van der Waals surface area contributed by atoms with Crippen molar-refractivity contribution in [3.8, 4) is 0 Å². The van der Waals surface area contributed by atoms with Crippen molar-refractivity contribution < 1.29 is 38.4 Å². The summed E-state index contributed by atoms with van der Waals surface area (Å²) in [6.07, 6.45) is -8.98. The van der Waals surface area contributed by atoms with Crippen LogP contribution in [0.25, 0.3) is 0 Å². The van der Waals surface area contributed by atoms with Crippen LogP contribution in [0.5, 0.6) is 0 Å². The van der Waals surface area contributed by atoms with Gasteiger partial charge in [0.1, 0.15) is 24.5 Å². The van der Waals surface area contributed by atoms with Gasteiger partial charge >= 0.3 is 11.9 Å². The molecule has 0 aromatic carbocycles. The van der Waals surface area contributed by atoms with Crippen LogP contribution in [0.2, 0.25) is 0 Å². The molecular formula is C12H19FO7. The van der Waals surface area contributed by atoms with Crippen molar-refractivity contribution in [3.63, 3.8) is 0 Å². The van der Waals surface area contributed by atoms with Gasteiger partial charge in [-0.05, 0) is 6.42 Å². The van der Waals surface area contributed by atoms with E-state index in [1.165, 1.54) is 6.92 Å².